The zero-order chi connectivity index (χ0) is 28.6. The highest BCUT2D eigenvalue weighted by molar-refractivity contribution is 7.92. The van der Waals surface area contributed by atoms with Crippen LogP contribution < -0.4 is 9.62 Å². The largest absolute Gasteiger partial charge is 0.354 e. The molecular weight excluding hydrogens is 541 g/mol. The molecule has 0 aliphatic carbocycles. The molecule has 7 nitrogen and oxygen atoms in total. The standard InChI is InChI=1S/C29H33ClFN3O4S/c1-4-5-18-32-29(36)22(3)33(19-23-10-6-7-11-25(23)30)28(35)20-34(27-13-9-8-12-26(27)31)39(37,38)24-16-14-21(2)15-17-24/h6-17,22H,4-5,18-20H2,1-3H3,(H,32,36)/t22-/m0/s1. The fourth-order valence-electron chi connectivity index (χ4n) is 3.93. The van der Waals surface area contributed by atoms with Crippen molar-refractivity contribution in [3.05, 3.63) is 94.8 Å². The molecule has 0 heterocycles. The summed E-state index contributed by atoms with van der Waals surface area (Å²) < 4.78 is 43.2. The summed E-state index contributed by atoms with van der Waals surface area (Å²) in [5.41, 5.74) is 1.15. The molecule has 0 radical (unpaired) electrons. The molecule has 1 atom stereocenters. The second-order valence-electron chi connectivity index (χ2n) is 9.21. The Bertz CT molecular complexity index is 1400. The van der Waals surface area contributed by atoms with Gasteiger partial charge in [-0.1, -0.05) is 73.0 Å². The Kier molecular flexibility index (Phi) is 10.5. The van der Waals surface area contributed by atoms with Gasteiger partial charge in [0, 0.05) is 18.1 Å². The lowest BCUT2D eigenvalue weighted by atomic mass is 10.1. The quantitative estimate of drug-likeness (QED) is 0.297. The number of hydrogen-bond acceptors (Lipinski definition) is 4. The summed E-state index contributed by atoms with van der Waals surface area (Å²) in [4.78, 5) is 28.0. The van der Waals surface area contributed by atoms with Crippen LogP contribution in [0.15, 0.2) is 77.7 Å². The van der Waals surface area contributed by atoms with E-state index in [1.165, 1.54) is 35.2 Å². The van der Waals surface area contributed by atoms with E-state index in [2.05, 4.69) is 5.32 Å². The molecule has 2 amide bonds. The highest BCUT2D eigenvalue weighted by Gasteiger charge is 2.33. The number of para-hydroxylation sites is 1. The monoisotopic (exact) mass is 573 g/mol. The van der Waals surface area contributed by atoms with Gasteiger partial charge in [-0.15, -0.1) is 0 Å². The normalized spacial score (nSPS) is 12.0. The first kappa shape index (κ1) is 30.1. The van der Waals surface area contributed by atoms with Crippen molar-refractivity contribution in [2.24, 2.45) is 0 Å². The van der Waals surface area contributed by atoms with Crippen molar-refractivity contribution in [2.45, 2.75) is 51.1 Å². The van der Waals surface area contributed by atoms with Gasteiger partial charge in [0.1, 0.15) is 18.4 Å². The Labute approximate surface area is 234 Å². The second-order valence-corrected chi connectivity index (χ2v) is 11.5. The molecule has 208 valence electrons. The lowest BCUT2D eigenvalue weighted by Gasteiger charge is -2.32. The lowest BCUT2D eigenvalue weighted by Crippen LogP contribution is -2.51. The first-order valence-electron chi connectivity index (χ1n) is 12.7. The predicted octanol–water partition coefficient (Wildman–Crippen LogP) is 5.32. The molecule has 3 rings (SSSR count). The summed E-state index contributed by atoms with van der Waals surface area (Å²) in [6, 6.07) is 17.4. The van der Waals surface area contributed by atoms with E-state index in [0.29, 0.717) is 17.1 Å². The molecule has 10 heteroatoms. The Morgan fingerprint density at radius 1 is 1.00 bits per heavy atom. The van der Waals surface area contributed by atoms with Gasteiger partial charge in [-0.25, -0.2) is 12.8 Å². The number of carbonyl (C=O) groups excluding carboxylic acids is 2. The minimum atomic E-state index is -4.35. The number of carbonyl (C=O) groups is 2. The first-order valence-corrected chi connectivity index (χ1v) is 14.5. The molecule has 0 aromatic heterocycles. The van der Waals surface area contributed by atoms with Crippen LogP contribution in [0.5, 0.6) is 0 Å². The van der Waals surface area contributed by atoms with E-state index in [1.54, 1.807) is 43.3 Å². The number of nitrogens with one attached hydrogen (secondary N) is 1. The smallest absolute Gasteiger partial charge is 0.264 e. The average Bonchev–Trinajstić information content (AvgIpc) is 2.91. The van der Waals surface area contributed by atoms with Crippen molar-refractivity contribution < 1.29 is 22.4 Å². The molecule has 0 aliphatic heterocycles. The van der Waals surface area contributed by atoms with Crippen LogP contribution in [-0.4, -0.2) is 44.3 Å². The summed E-state index contributed by atoms with van der Waals surface area (Å²) in [5.74, 6) is -1.88. The van der Waals surface area contributed by atoms with Gasteiger partial charge in [-0.05, 0) is 56.2 Å². The SMILES string of the molecule is CCCCNC(=O)[C@H](C)N(Cc1ccccc1Cl)C(=O)CN(c1ccccc1F)S(=O)(=O)c1ccc(C)cc1. The van der Waals surface area contributed by atoms with Gasteiger partial charge < -0.3 is 10.2 Å². The van der Waals surface area contributed by atoms with Crippen LogP contribution in [-0.2, 0) is 26.2 Å². The highest BCUT2D eigenvalue weighted by atomic mass is 35.5. The van der Waals surface area contributed by atoms with Crippen molar-refractivity contribution in [3.8, 4) is 0 Å². The Balaban J connectivity index is 2.02. The van der Waals surface area contributed by atoms with Crippen LogP contribution in [0.3, 0.4) is 0 Å². The molecule has 0 unspecified atom stereocenters. The van der Waals surface area contributed by atoms with Crippen LogP contribution in [0.25, 0.3) is 0 Å². The maximum Gasteiger partial charge on any atom is 0.264 e. The molecule has 0 spiro atoms. The molecule has 0 bridgehead atoms. The highest BCUT2D eigenvalue weighted by Crippen LogP contribution is 2.27. The molecule has 1 N–H and O–H groups in total. The van der Waals surface area contributed by atoms with E-state index in [9.17, 15) is 22.4 Å². The number of nitrogens with zero attached hydrogens (tertiary/aromatic N) is 2. The van der Waals surface area contributed by atoms with E-state index in [1.807, 2.05) is 13.8 Å². The molecule has 39 heavy (non-hydrogen) atoms. The minimum Gasteiger partial charge on any atom is -0.354 e. The van der Waals surface area contributed by atoms with Crippen LogP contribution in [0.4, 0.5) is 10.1 Å². The number of unbranched alkanes of at least 4 members (excludes halogenated alkanes) is 1. The maximum atomic E-state index is 14.9. The third kappa shape index (κ3) is 7.58. The zero-order valence-electron chi connectivity index (χ0n) is 22.2. The number of amides is 2. The first-order chi connectivity index (χ1) is 18.6. The van der Waals surface area contributed by atoms with Crippen molar-refractivity contribution in [1.29, 1.82) is 0 Å². The lowest BCUT2D eigenvalue weighted by molar-refractivity contribution is -0.139. The predicted molar refractivity (Wildman–Crippen MR) is 151 cm³/mol. The van der Waals surface area contributed by atoms with Crippen molar-refractivity contribution in [2.75, 3.05) is 17.4 Å². The summed E-state index contributed by atoms with van der Waals surface area (Å²) in [6.45, 7) is 5.04. The fraction of sp³-hybridized carbons (Fsp3) is 0.310. The molecule has 3 aromatic carbocycles. The Morgan fingerprint density at radius 2 is 1.64 bits per heavy atom. The number of aryl methyl sites for hydroxylation is 1. The van der Waals surface area contributed by atoms with Gasteiger partial charge in [0.25, 0.3) is 10.0 Å². The summed E-state index contributed by atoms with van der Waals surface area (Å²) in [6.07, 6.45) is 1.65. The third-order valence-electron chi connectivity index (χ3n) is 6.30. The molecular formula is C29H33ClFN3O4S. The number of hydrogen-bond donors (Lipinski definition) is 1. The summed E-state index contributed by atoms with van der Waals surface area (Å²) in [7, 11) is -4.35. The fourth-order valence-corrected chi connectivity index (χ4v) is 5.55. The van der Waals surface area contributed by atoms with Gasteiger partial charge in [-0.2, -0.15) is 0 Å². The average molecular weight is 574 g/mol. The number of rotatable bonds is 12. The van der Waals surface area contributed by atoms with Crippen LogP contribution >= 0.6 is 11.6 Å². The van der Waals surface area contributed by atoms with Crippen molar-refractivity contribution in [1.82, 2.24) is 10.2 Å². The second kappa shape index (κ2) is 13.6. The van der Waals surface area contributed by atoms with Gasteiger partial charge >= 0.3 is 0 Å². The van der Waals surface area contributed by atoms with Gasteiger partial charge in [0.2, 0.25) is 11.8 Å². The van der Waals surface area contributed by atoms with E-state index in [4.69, 9.17) is 11.6 Å². The van der Waals surface area contributed by atoms with Crippen molar-refractivity contribution >= 4 is 39.1 Å². The summed E-state index contributed by atoms with van der Waals surface area (Å²) >= 11 is 6.35. The zero-order valence-corrected chi connectivity index (χ0v) is 23.8. The summed E-state index contributed by atoms with van der Waals surface area (Å²) in [5, 5.41) is 3.21. The molecule has 3 aromatic rings. The van der Waals surface area contributed by atoms with Crippen LogP contribution in [0.2, 0.25) is 5.02 Å². The Morgan fingerprint density at radius 3 is 2.28 bits per heavy atom. The topological polar surface area (TPSA) is 86.8 Å². The van der Waals surface area contributed by atoms with Gasteiger partial charge in [0.15, 0.2) is 0 Å². The van der Waals surface area contributed by atoms with E-state index in [-0.39, 0.29) is 23.0 Å². The molecule has 0 fully saturated rings. The van der Waals surface area contributed by atoms with Crippen LogP contribution in [0, 0.1) is 12.7 Å². The number of benzene rings is 3. The molecule has 0 saturated carbocycles. The van der Waals surface area contributed by atoms with E-state index >= 15 is 0 Å². The van der Waals surface area contributed by atoms with E-state index < -0.39 is 34.3 Å². The molecule has 0 saturated heterocycles. The third-order valence-corrected chi connectivity index (χ3v) is 8.45. The van der Waals surface area contributed by atoms with Crippen LogP contribution in [0.1, 0.15) is 37.8 Å². The van der Waals surface area contributed by atoms with E-state index in [0.717, 1.165) is 28.8 Å². The molecule has 0 aliphatic rings. The maximum absolute atomic E-state index is 14.9. The number of halogens is 2. The van der Waals surface area contributed by atoms with Gasteiger partial charge in [0.05, 0.1) is 10.6 Å². The minimum absolute atomic E-state index is 0.0451. The number of anilines is 1. The van der Waals surface area contributed by atoms with Crippen molar-refractivity contribution in [3.63, 3.8) is 0 Å². The van der Waals surface area contributed by atoms with Gasteiger partial charge in [-0.3, -0.25) is 13.9 Å². The number of sulfonamides is 1. The Hall–Kier alpha value is -3.43.